The van der Waals surface area contributed by atoms with Crippen LogP contribution in [-0.2, 0) is 15.7 Å². The van der Waals surface area contributed by atoms with Gasteiger partial charge in [0.1, 0.15) is 5.25 Å². The third-order valence-corrected chi connectivity index (χ3v) is 5.18. The number of para-hydroxylation sites is 1. The summed E-state index contributed by atoms with van der Waals surface area (Å²) in [5.74, 6) is -0.304. The van der Waals surface area contributed by atoms with E-state index in [-0.39, 0.29) is 22.0 Å². The van der Waals surface area contributed by atoms with Crippen LogP contribution in [0.15, 0.2) is 28.6 Å². The van der Waals surface area contributed by atoms with E-state index in [9.17, 15) is 18.0 Å². The molecule has 1 atom stereocenters. The highest BCUT2D eigenvalue weighted by Crippen LogP contribution is 2.38. The van der Waals surface area contributed by atoms with Crippen LogP contribution in [0.25, 0.3) is 0 Å². The minimum atomic E-state index is -4.46. The molecule has 2 heterocycles. The Morgan fingerprint density at radius 3 is 2.78 bits per heavy atom. The SMILES string of the molecule is O=C1OCCC1Sc1nnc(Nc2ccccc2C(F)(F)F)s1. The molecule has 0 radical (unpaired) electrons. The number of hydrogen-bond donors (Lipinski definition) is 1. The molecule has 3 rings (SSSR count). The van der Waals surface area contributed by atoms with Crippen molar-refractivity contribution in [2.75, 3.05) is 11.9 Å². The number of carbonyl (C=O) groups is 1. The third kappa shape index (κ3) is 3.75. The van der Waals surface area contributed by atoms with E-state index in [1.54, 1.807) is 0 Å². The van der Waals surface area contributed by atoms with E-state index in [0.29, 0.717) is 17.4 Å². The van der Waals surface area contributed by atoms with Crippen LogP contribution < -0.4 is 5.32 Å². The number of hydrogen-bond acceptors (Lipinski definition) is 7. The summed E-state index contributed by atoms with van der Waals surface area (Å²) in [5, 5.41) is 10.2. The van der Waals surface area contributed by atoms with E-state index in [1.165, 1.54) is 30.0 Å². The molecule has 0 spiro atoms. The minimum Gasteiger partial charge on any atom is -0.465 e. The van der Waals surface area contributed by atoms with Crippen molar-refractivity contribution in [3.05, 3.63) is 29.8 Å². The first-order valence-corrected chi connectivity index (χ1v) is 8.23. The van der Waals surface area contributed by atoms with Gasteiger partial charge in [-0.25, -0.2) is 0 Å². The molecule has 0 aliphatic carbocycles. The van der Waals surface area contributed by atoms with Crippen molar-refractivity contribution in [1.82, 2.24) is 10.2 Å². The molecule has 0 amide bonds. The summed E-state index contributed by atoms with van der Waals surface area (Å²) < 4.78 is 44.2. The fourth-order valence-electron chi connectivity index (χ4n) is 1.97. The Hall–Kier alpha value is -1.81. The molecular weight excluding hydrogens is 351 g/mol. The number of benzene rings is 1. The summed E-state index contributed by atoms with van der Waals surface area (Å²) in [4.78, 5) is 11.4. The maximum atomic E-state index is 12.9. The molecule has 122 valence electrons. The van der Waals surface area contributed by atoms with Crippen LogP contribution in [0.4, 0.5) is 24.0 Å². The van der Waals surface area contributed by atoms with E-state index >= 15 is 0 Å². The number of rotatable bonds is 4. The molecule has 5 nitrogen and oxygen atoms in total. The Labute approximate surface area is 137 Å². The molecular formula is C13H10F3N3O2S2. The maximum Gasteiger partial charge on any atom is 0.418 e. The van der Waals surface area contributed by atoms with Gasteiger partial charge >= 0.3 is 12.1 Å². The number of alkyl halides is 3. The number of anilines is 2. The quantitative estimate of drug-likeness (QED) is 0.838. The lowest BCUT2D eigenvalue weighted by molar-refractivity contribution is -0.138. The van der Waals surface area contributed by atoms with Gasteiger partial charge < -0.3 is 10.1 Å². The Kier molecular flexibility index (Phi) is 4.44. The van der Waals surface area contributed by atoms with Crippen molar-refractivity contribution in [2.45, 2.75) is 22.2 Å². The summed E-state index contributed by atoms with van der Waals surface area (Å²) in [6.45, 7) is 0.374. The van der Waals surface area contributed by atoms with Crippen LogP contribution >= 0.6 is 23.1 Å². The lowest BCUT2D eigenvalue weighted by atomic mass is 10.2. The van der Waals surface area contributed by atoms with Crippen molar-refractivity contribution in [1.29, 1.82) is 0 Å². The largest absolute Gasteiger partial charge is 0.465 e. The molecule has 23 heavy (non-hydrogen) atoms. The van der Waals surface area contributed by atoms with Crippen LogP contribution in [0.5, 0.6) is 0 Å². The van der Waals surface area contributed by atoms with E-state index in [0.717, 1.165) is 17.4 Å². The van der Waals surface area contributed by atoms with Crippen molar-refractivity contribution in [3.63, 3.8) is 0 Å². The zero-order valence-corrected chi connectivity index (χ0v) is 13.1. The van der Waals surface area contributed by atoms with Crippen molar-refractivity contribution >= 4 is 39.9 Å². The monoisotopic (exact) mass is 361 g/mol. The van der Waals surface area contributed by atoms with Crippen LogP contribution in [0.2, 0.25) is 0 Å². The van der Waals surface area contributed by atoms with Gasteiger partial charge in [-0.1, -0.05) is 35.2 Å². The minimum absolute atomic E-state index is 0.0898. The first kappa shape index (κ1) is 16.1. The van der Waals surface area contributed by atoms with Crippen molar-refractivity contribution in [3.8, 4) is 0 Å². The molecule has 1 aliphatic heterocycles. The summed E-state index contributed by atoms with van der Waals surface area (Å²) in [6.07, 6.45) is -3.87. The van der Waals surface area contributed by atoms with Gasteiger partial charge in [0.05, 0.1) is 17.9 Å². The Morgan fingerprint density at radius 1 is 1.30 bits per heavy atom. The first-order chi connectivity index (χ1) is 10.9. The molecule has 0 bridgehead atoms. The number of thioether (sulfide) groups is 1. The lowest BCUT2D eigenvalue weighted by Gasteiger charge is -2.12. The molecule has 1 unspecified atom stereocenters. The second-order valence-electron chi connectivity index (χ2n) is 4.60. The Balaban J connectivity index is 1.74. The topological polar surface area (TPSA) is 64.1 Å². The molecule has 1 N–H and O–H groups in total. The van der Waals surface area contributed by atoms with Crippen LogP contribution in [0.3, 0.4) is 0 Å². The van der Waals surface area contributed by atoms with Gasteiger partial charge in [-0.15, -0.1) is 10.2 Å². The second kappa shape index (κ2) is 6.36. The summed E-state index contributed by atoms with van der Waals surface area (Å²) >= 11 is 2.30. The van der Waals surface area contributed by atoms with Gasteiger partial charge in [0.2, 0.25) is 5.13 Å². The highest BCUT2D eigenvalue weighted by atomic mass is 32.2. The summed E-state index contributed by atoms with van der Waals surface area (Å²) in [5.41, 5.74) is -0.864. The normalized spacial score (nSPS) is 18.0. The van der Waals surface area contributed by atoms with Gasteiger partial charge in [0.25, 0.3) is 0 Å². The summed E-state index contributed by atoms with van der Waals surface area (Å²) in [7, 11) is 0. The van der Waals surface area contributed by atoms with E-state index in [4.69, 9.17) is 4.74 Å². The second-order valence-corrected chi connectivity index (χ2v) is 7.03. The fraction of sp³-hybridized carbons (Fsp3) is 0.308. The highest BCUT2D eigenvalue weighted by Gasteiger charge is 2.33. The fourth-order valence-corrected chi connectivity index (χ4v) is 3.95. The van der Waals surface area contributed by atoms with Crippen molar-refractivity contribution in [2.24, 2.45) is 0 Å². The van der Waals surface area contributed by atoms with E-state index in [1.807, 2.05) is 0 Å². The van der Waals surface area contributed by atoms with Gasteiger partial charge in [-0.2, -0.15) is 13.2 Å². The maximum absolute atomic E-state index is 12.9. The number of aromatic nitrogens is 2. The molecule has 1 fully saturated rings. The van der Waals surface area contributed by atoms with Gasteiger partial charge in [0, 0.05) is 6.42 Å². The van der Waals surface area contributed by atoms with Crippen molar-refractivity contribution < 1.29 is 22.7 Å². The number of ether oxygens (including phenoxy) is 1. The van der Waals surface area contributed by atoms with E-state index in [2.05, 4.69) is 15.5 Å². The average Bonchev–Trinajstić information content (AvgIpc) is 3.09. The van der Waals surface area contributed by atoms with Crippen LogP contribution in [-0.4, -0.2) is 28.0 Å². The first-order valence-electron chi connectivity index (χ1n) is 6.53. The standard InChI is InChI=1S/C13H10F3N3O2S2/c14-13(15,16)7-3-1-2-4-8(7)17-11-18-19-12(23-11)22-9-5-6-21-10(9)20/h1-4,9H,5-6H2,(H,17,18). The van der Waals surface area contributed by atoms with Gasteiger partial charge in [-0.3, -0.25) is 4.79 Å². The Bertz CT molecular complexity index is 720. The number of esters is 1. The highest BCUT2D eigenvalue weighted by molar-refractivity contribution is 8.02. The average molecular weight is 361 g/mol. The number of carbonyl (C=O) groups excluding carboxylic acids is 1. The zero-order valence-electron chi connectivity index (χ0n) is 11.5. The number of nitrogens with zero attached hydrogens (tertiary/aromatic N) is 2. The predicted molar refractivity (Wildman–Crippen MR) is 79.9 cm³/mol. The predicted octanol–water partition coefficient (Wildman–Crippen LogP) is 3.71. The zero-order chi connectivity index (χ0) is 16.4. The van der Waals surface area contributed by atoms with Gasteiger partial charge in [-0.05, 0) is 12.1 Å². The number of nitrogens with one attached hydrogen (secondary N) is 1. The molecule has 2 aromatic rings. The lowest BCUT2D eigenvalue weighted by Crippen LogP contribution is -2.08. The Morgan fingerprint density at radius 2 is 2.09 bits per heavy atom. The van der Waals surface area contributed by atoms with Crippen LogP contribution in [0, 0.1) is 0 Å². The molecule has 1 aliphatic rings. The number of cyclic esters (lactones) is 1. The number of halogens is 3. The molecule has 0 saturated carbocycles. The smallest absolute Gasteiger partial charge is 0.418 e. The van der Waals surface area contributed by atoms with Gasteiger partial charge in [0.15, 0.2) is 4.34 Å². The van der Waals surface area contributed by atoms with Crippen LogP contribution in [0.1, 0.15) is 12.0 Å². The molecule has 1 aromatic heterocycles. The third-order valence-electron chi connectivity index (χ3n) is 3.01. The van der Waals surface area contributed by atoms with E-state index < -0.39 is 11.7 Å². The molecule has 1 aromatic carbocycles. The molecule has 1 saturated heterocycles. The summed E-state index contributed by atoms with van der Waals surface area (Å²) in [6, 6.07) is 5.14. The molecule has 10 heteroatoms.